The first-order chi connectivity index (χ1) is 9.69. The number of hydrogen-bond acceptors (Lipinski definition) is 3. The summed E-state index contributed by atoms with van der Waals surface area (Å²) in [6, 6.07) is 1.87. The zero-order valence-corrected chi connectivity index (χ0v) is 13.2. The fourth-order valence-electron chi connectivity index (χ4n) is 3.58. The quantitative estimate of drug-likeness (QED) is 0.760. The maximum Gasteiger partial charge on any atom is 0.167 e. The summed E-state index contributed by atoms with van der Waals surface area (Å²) in [5, 5.41) is 0. The van der Waals surface area contributed by atoms with Crippen LogP contribution in [0.25, 0.3) is 0 Å². The van der Waals surface area contributed by atoms with Crippen LogP contribution in [0, 0.1) is 5.92 Å². The van der Waals surface area contributed by atoms with E-state index in [-0.39, 0.29) is 17.3 Å². The van der Waals surface area contributed by atoms with Gasteiger partial charge in [-0.15, -0.1) is 0 Å². The van der Waals surface area contributed by atoms with Crippen molar-refractivity contribution >= 4 is 21.7 Å². The molecule has 2 fully saturated rings. The van der Waals surface area contributed by atoms with E-state index in [1.807, 2.05) is 6.07 Å². The van der Waals surface area contributed by atoms with Crippen LogP contribution in [0.2, 0.25) is 0 Å². The van der Waals surface area contributed by atoms with Crippen LogP contribution in [-0.4, -0.2) is 23.0 Å². The SMILES string of the molecule is O=C(c1cncc(Br)c1)C1CCOC2(CCCCC2)C1. The highest BCUT2D eigenvalue weighted by atomic mass is 79.9. The first kappa shape index (κ1) is 14.2. The molecule has 1 saturated carbocycles. The summed E-state index contributed by atoms with van der Waals surface area (Å²) in [6.07, 6.45) is 11.1. The molecule has 108 valence electrons. The Bertz CT molecular complexity index is 491. The van der Waals surface area contributed by atoms with E-state index in [0.717, 1.165) is 42.3 Å². The highest BCUT2D eigenvalue weighted by Gasteiger charge is 2.40. The molecule has 1 aliphatic heterocycles. The van der Waals surface area contributed by atoms with Gasteiger partial charge in [0, 0.05) is 35.0 Å². The second-order valence-electron chi connectivity index (χ2n) is 6.04. The van der Waals surface area contributed by atoms with Crippen LogP contribution in [0.3, 0.4) is 0 Å². The molecule has 1 aliphatic carbocycles. The van der Waals surface area contributed by atoms with Crippen molar-refractivity contribution in [3.63, 3.8) is 0 Å². The lowest BCUT2D eigenvalue weighted by Crippen LogP contribution is -2.43. The molecule has 1 aromatic rings. The minimum Gasteiger partial charge on any atom is -0.375 e. The average Bonchev–Trinajstić information content (AvgIpc) is 2.47. The number of ether oxygens (including phenoxy) is 1. The van der Waals surface area contributed by atoms with Crippen LogP contribution >= 0.6 is 15.9 Å². The predicted octanol–water partition coefficient (Wildman–Crippen LogP) is 4.16. The van der Waals surface area contributed by atoms with Gasteiger partial charge in [-0.05, 0) is 47.7 Å². The maximum absolute atomic E-state index is 12.7. The molecule has 3 rings (SSSR count). The molecule has 3 nitrogen and oxygen atoms in total. The Labute approximate surface area is 128 Å². The Morgan fingerprint density at radius 2 is 2.10 bits per heavy atom. The van der Waals surface area contributed by atoms with Gasteiger partial charge in [0.1, 0.15) is 0 Å². The van der Waals surface area contributed by atoms with Crippen molar-refractivity contribution in [3.8, 4) is 0 Å². The summed E-state index contributed by atoms with van der Waals surface area (Å²) < 4.78 is 6.93. The number of pyridine rings is 1. The molecule has 1 saturated heterocycles. The van der Waals surface area contributed by atoms with Crippen LogP contribution in [0.4, 0.5) is 0 Å². The van der Waals surface area contributed by atoms with Gasteiger partial charge in [0.25, 0.3) is 0 Å². The van der Waals surface area contributed by atoms with Crippen LogP contribution < -0.4 is 0 Å². The molecule has 0 radical (unpaired) electrons. The van der Waals surface area contributed by atoms with Gasteiger partial charge in [-0.1, -0.05) is 19.3 Å². The third-order valence-electron chi connectivity index (χ3n) is 4.62. The second kappa shape index (κ2) is 5.94. The van der Waals surface area contributed by atoms with Gasteiger partial charge >= 0.3 is 0 Å². The first-order valence-electron chi connectivity index (χ1n) is 7.47. The summed E-state index contributed by atoms with van der Waals surface area (Å²) in [4.78, 5) is 16.8. The van der Waals surface area contributed by atoms with E-state index >= 15 is 0 Å². The first-order valence-corrected chi connectivity index (χ1v) is 8.27. The molecule has 2 aliphatic rings. The van der Waals surface area contributed by atoms with Gasteiger partial charge < -0.3 is 4.74 Å². The molecule has 0 N–H and O–H groups in total. The molecule has 0 aromatic carbocycles. The monoisotopic (exact) mass is 337 g/mol. The van der Waals surface area contributed by atoms with Gasteiger partial charge in [-0.25, -0.2) is 0 Å². The normalized spacial score (nSPS) is 25.6. The van der Waals surface area contributed by atoms with Crippen molar-refractivity contribution in [1.82, 2.24) is 4.98 Å². The summed E-state index contributed by atoms with van der Waals surface area (Å²) >= 11 is 3.39. The molecule has 2 heterocycles. The van der Waals surface area contributed by atoms with E-state index < -0.39 is 0 Å². The van der Waals surface area contributed by atoms with Crippen molar-refractivity contribution in [2.24, 2.45) is 5.92 Å². The summed E-state index contributed by atoms with van der Waals surface area (Å²) in [5.41, 5.74) is 0.702. The largest absolute Gasteiger partial charge is 0.375 e. The third-order valence-corrected chi connectivity index (χ3v) is 5.05. The molecule has 1 aromatic heterocycles. The number of Topliss-reactive ketones (excluding diaryl/α,β-unsaturated/α-hetero) is 1. The number of rotatable bonds is 2. The van der Waals surface area contributed by atoms with Gasteiger partial charge in [0.2, 0.25) is 0 Å². The Hall–Kier alpha value is -0.740. The second-order valence-corrected chi connectivity index (χ2v) is 6.95. The van der Waals surface area contributed by atoms with Crippen LogP contribution in [0.5, 0.6) is 0 Å². The Kier molecular flexibility index (Phi) is 4.22. The minimum atomic E-state index is -0.0176. The summed E-state index contributed by atoms with van der Waals surface area (Å²) in [6.45, 7) is 0.720. The third kappa shape index (κ3) is 2.96. The molecule has 20 heavy (non-hydrogen) atoms. The molecule has 1 spiro atoms. The highest BCUT2D eigenvalue weighted by Crippen LogP contribution is 2.41. The smallest absolute Gasteiger partial charge is 0.167 e. The molecule has 1 atom stereocenters. The van der Waals surface area contributed by atoms with Gasteiger partial charge in [0.15, 0.2) is 5.78 Å². The van der Waals surface area contributed by atoms with Crippen LogP contribution in [-0.2, 0) is 4.74 Å². The standard InChI is InChI=1S/C16H20BrNO2/c17-14-8-13(10-18-11-14)15(19)12-4-7-20-16(9-12)5-2-1-3-6-16/h8,10-12H,1-7,9H2. The molecular weight excluding hydrogens is 318 g/mol. The van der Waals surface area contributed by atoms with Crippen molar-refractivity contribution < 1.29 is 9.53 Å². The molecule has 0 amide bonds. The van der Waals surface area contributed by atoms with Crippen molar-refractivity contribution in [2.75, 3.05) is 6.61 Å². The fourth-order valence-corrected chi connectivity index (χ4v) is 3.94. The highest BCUT2D eigenvalue weighted by molar-refractivity contribution is 9.10. The summed E-state index contributed by atoms with van der Waals surface area (Å²) in [7, 11) is 0. The lowest BCUT2D eigenvalue weighted by molar-refractivity contribution is -0.111. The minimum absolute atomic E-state index is 0.0176. The maximum atomic E-state index is 12.7. The molecular formula is C16H20BrNO2. The molecule has 1 unspecified atom stereocenters. The van der Waals surface area contributed by atoms with Crippen LogP contribution in [0.15, 0.2) is 22.9 Å². The fraction of sp³-hybridized carbons (Fsp3) is 0.625. The number of ketones is 1. The summed E-state index contributed by atoms with van der Waals surface area (Å²) in [5.74, 6) is 0.324. The van der Waals surface area contributed by atoms with Crippen molar-refractivity contribution in [2.45, 2.75) is 50.5 Å². The van der Waals surface area contributed by atoms with E-state index in [0.29, 0.717) is 0 Å². The van der Waals surface area contributed by atoms with Crippen molar-refractivity contribution in [3.05, 3.63) is 28.5 Å². The number of carbonyl (C=O) groups excluding carboxylic acids is 1. The van der Waals surface area contributed by atoms with Crippen molar-refractivity contribution in [1.29, 1.82) is 0 Å². The predicted molar refractivity (Wildman–Crippen MR) is 80.8 cm³/mol. The zero-order valence-electron chi connectivity index (χ0n) is 11.6. The van der Waals surface area contributed by atoms with Crippen LogP contribution in [0.1, 0.15) is 55.3 Å². The zero-order chi connectivity index (χ0) is 14.0. The molecule has 0 bridgehead atoms. The van der Waals surface area contributed by atoms with E-state index in [9.17, 15) is 4.79 Å². The van der Waals surface area contributed by atoms with Gasteiger partial charge in [0.05, 0.1) is 5.60 Å². The number of nitrogens with zero attached hydrogens (tertiary/aromatic N) is 1. The number of halogens is 1. The lowest BCUT2D eigenvalue weighted by atomic mass is 9.74. The number of aromatic nitrogens is 1. The average molecular weight is 338 g/mol. The number of carbonyl (C=O) groups is 1. The molecule has 4 heteroatoms. The van der Waals surface area contributed by atoms with E-state index in [4.69, 9.17) is 4.74 Å². The number of hydrogen-bond donors (Lipinski definition) is 0. The Morgan fingerprint density at radius 3 is 2.85 bits per heavy atom. The lowest BCUT2D eigenvalue weighted by Gasteiger charge is -2.43. The van der Waals surface area contributed by atoms with E-state index in [1.54, 1.807) is 12.4 Å². The van der Waals surface area contributed by atoms with Gasteiger partial charge in [-0.3, -0.25) is 9.78 Å². The van der Waals surface area contributed by atoms with E-state index in [1.165, 1.54) is 19.3 Å². The van der Waals surface area contributed by atoms with Gasteiger partial charge in [-0.2, -0.15) is 0 Å². The topological polar surface area (TPSA) is 39.2 Å². The van der Waals surface area contributed by atoms with E-state index in [2.05, 4.69) is 20.9 Å². The Balaban J connectivity index is 1.74. The Morgan fingerprint density at radius 1 is 1.30 bits per heavy atom.